The molecule has 0 bridgehead atoms. The summed E-state index contributed by atoms with van der Waals surface area (Å²) in [5.41, 5.74) is 7.12. The first-order valence-electron chi connectivity index (χ1n) is 7.48. The van der Waals surface area contributed by atoms with Crippen molar-refractivity contribution in [3.63, 3.8) is 0 Å². The maximum atomic E-state index is 12.9. The fourth-order valence-electron chi connectivity index (χ4n) is 2.30. The van der Waals surface area contributed by atoms with E-state index >= 15 is 0 Å². The van der Waals surface area contributed by atoms with Crippen LogP contribution in [0.4, 0.5) is 5.82 Å². The molecule has 0 aliphatic carbocycles. The van der Waals surface area contributed by atoms with E-state index in [1.54, 1.807) is 31.2 Å². The van der Waals surface area contributed by atoms with Gasteiger partial charge in [-0.05, 0) is 26.0 Å². The Hall–Kier alpha value is -3.14. The van der Waals surface area contributed by atoms with Crippen molar-refractivity contribution in [2.75, 3.05) is 12.8 Å². The van der Waals surface area contributed by atoms with Crippen molar-refractivity contribution in [1.29, 1.82) is 0 Å². The third-order valence-electron chi connectivity index (χ3n) is 3.56. The van der Waals surface area contributed by atoms with Crippen molar-refractivity contribution in [2.24, 2.45) is 0 Å². The average Bonchev–Trinajstić information content (AvgIpc) is 3.19. The first-order valence-corrected chi connectivity index (χ1v) is 8.92. The highest BCUT2D eigenvalue weighted by atomic mass is 32.2. The van der Waals surface area contributed by atoms with Crippen molar-refractivity contribution in [2.45, 2.75) is 18.9 Å². The topological polar surface area (TPSA) is 130 Å². The van der Waals surface area contributed by atoms with E-state index in [9.17, 15) is 13.2 Å². The number of nitrogens with zero attached hydrogens (tertiary/aromatic N) is 3. The number of carbonyl (C=O) groups excluding carboxylic acids is 1. The molecule has 0 saturated carbocycles. The van der Waals surface area contributed by atoms with Crippen molar-refractivity contribution < 1.29 is 22.4 Å². The number of aryl methyl sites for hydroxylation is 2. The van der Waals surface area contributed by atoms with Crippen LogP contribution < -0.4 is 5.73 Å². The molecule has 9 nitrogen and oxygen atoms in total. The molecule has 0 aliphatic rings. The van der Waals surface area contributed by atoms with E-state index in [2.05, 4.69) is 14.8 Å². The fraction of sp³-hybridized carbons (Fsp3) is 0.188. The van der Waals surface area contributed by atoms with Crippen LogP contribution in [0.2, 0.25) is 0 Å². The molecule has 2 N–H and O–H groups in total. The van der Waals surface area contributed by atoms with Gasteiger partial charge < -0.3 is 14.9 Å². The Morgan fingerprint density at radius 2 is 1.88 bits per heavy atom. The van der Waals surface area contributed by atoms with Gasteiger partial charge in [-0.2, -0.15) is 13.5 Å². The highest BCUT2D eigenvalue weighted by molar-refractivity contribution is 7.89. The molecule has 0 saturated heterocycles. The number of hydrogen-bond donors (Lipinski definition) is 1. The van der Waals surface area contributed by atoms with E-state index in [1.807, 2.05) is 6.92 Å². The third kappa shape index (κ3) is 2.94. The predicted molar refractivity (Wildman–Crippen MR) is 92.0 cm³/mol. The minimum Gasteiger partial charge on any atom is -0.464 e. The number of oxazole rings is 1. The van der Waals surface area contributed by atoms with Gasteiger partial charge in [0.1, 0.15) is 5.82 Å². The summed E-state index contributed by atoms with van der Waals surface area (Å²) in [7, 11) is -3.26. The molecule has 26 heavy (non-hydrogen) atoms. The molecular weight excluding hydrogens is 360 g/mol. The molecule has 3 rings (SSSR count). The molecule has 0 radical (unpaired) electrons. The molecule has 0 aliphatic heterocycles. The molecule has 0 amide bonds. The Labute approximate surface area is 149 Å². The van der Waals surface area contributed by atoms with E-state index in [4.69, 9.17) is 10.2 Å². The standard InChI is InChI=1S/C16H16N4O5S/c1-9-4-6-11(7-5-9)14-18-13(15(21)24-3)16(25-14)26(22,23)20-12(17)8-10(2)19-20/h4-8H,17H2,1-3H3. The van der Waals surface area contributed by atoms with Gasteiger partial charge in [-0.25, -0.2) is 9.78 Å². The maximum absolute atomic E-state index is 12.9. The molecule has 1 aromatic carbocycles. The lowest BCUT2D eigenvalue weighted by Crippen LogP contribution is -2.19. The number of methoxy groups -OCH3 is 1. The van der Waals surface area contributed by atoms with Crippen molar-refractivity contribution >= 4 is 21.8 Å². The smallest absolute Gasteiger partial charge is 0.361 e. The number of anilines is 1. The average molecular weight is 376 g/mol. The molecule has 0 unspecified atom stereocenters. The first kappa shape index (κ1) is 17.7. The molecular formula is C16H16N4O5S. The highest BCUT2D eigenvalue weighted by Gasteiger charge is 2.34. The Morgan fingerprint density at radius 1 is 1.23 bits per heavy atom. The van der Waals surface area contributed by atoms with Gasteiger partial charge in [0.05, 0.1) is 12.8 Å². The van der Waals surface area contributed by atoms with E-state index in [0.29, 0.717) is 15.3 Å². The molecule has 2 aromatic heterocycles. The number of rotatable bonds is 4. The van der Waals surface area contributed by atoms with Crippen LogP contribution in [0.3, 0.4) is 0 Å². The zero-order chi connectivity index (χ0) is 19.1. The number of carbonyl (C=O) groups is 1. The summed E-state index contributed by atoms with van der Waals surface area (Å²) in [6.07, 6.45) is 0. The summed E-state index contributed by atoms with van der Waals surface area (Å²) in [5.74, 6) is -1.11. The molecule has 0 spiro atoms. The lowest BCUT2D eigenvalue weighted by atomic mass is 10.1. The van der Waals surface area contributed by atoms with E-state index in [0.717, 1.165) is 12.7 Å². The van der Waals surface area contributed by atoms with Crippen LogP contribution in [-0.2, 0) is 14.8 Å². The van der Waals surface area contributed by atoms with Crippen LogP contribution in [0.1, 0.15) is 21.7 Å². The SMILES string of the molecule is COC(=O)c1nc(-c2ccc(C)cc2)oc1S(=O)(=O)n1nc(C)cc1N. The van der Waals surface area contributed by atoms with Gasteiger partial charge in [-0.15, -0.1) is 4.09 Å². The lowest BCUT2D eigenvalue weighted by Gasteiger charge is -2.04. The van der Waals surface area contributed by atoms with Gasteiger partial charge in [0.25, 0.3) is 5.09 Å². The van der Waals surface area contributed by atoms with E-state index in [1.165, 1.54) is 6.07 Å². The van der Waals surface area contributed by atoms with E-state index in [-0.39, 0.29) is 11.7 Å². The number of nitrogens with two attached hydrogens (primary N) is 1. The number of nitrogen functional groups attached to an aromatic ring is 1. The van der Waals surface area contributed by atoms with Crippen molar-refractivity contribution in [1.82, 2.24) is 14.2 Å². The number of aromatic nitrogens is 3. The molecule has 0 atom stereocenters. The Bertz CT molecular complexity index is 1080. The summed E-state index contributed by atoms with van der Waals surface area (Å²) in [4.78, 5) is 16.0. The molecule has 10 heteroatoms. The first-order chi connectivity index (χ1) is 12.2. The zero-order valence-corrected chi connectivity index (χ0v) is 15.1. The summed E-state index contributed by atoms with van der Waals surface area (Å²) in [6, 6.07) is 8.39. The second-order valence-electron chi connectivity index (χ2n) is 5.57. The highest BCUT2D eigenvalue weighted by Crippen LogP contribution is 2.28. The Kier molecular flexibility index (Phi) is 4.28. The van der Waals surface area contributed by atoms with Gasteiger partial charge in [0.15, 0.2) is 0 Å². The number of benzene rings is 1. The number of ether oxygens (including phenoxy) is 1. The molecule has 2 heterocycles. The Balaban J connectivity index is 2.21. The lowest BCUT2D eigenvalue weighted by molar-refractivity contribution is 0.0587. The Morgan fingerprint density at radius 3 is 2.42 bits per heavy atom. The largest absolute Gasteiger partial charge is 0.464 e. The van der Waals surface area contributed by atoms with Crippen LogP contribution in [0.5, 0.6) is 0 Å². The van der Waals surface area contributed by atoms with Crippen LogP contribution in [0.25, 0.3) is 11.5 Å². The fourth-order valence-corrected chi connectivity index (χ4v) is 3.58. The minimum atomic E-state index is -4.38. The third-order valence-corrected chi connectivity index (χ3v) is 5.05. The number of esters is 1. The van der Waals surface area contributed by atoms with E-state index < -0.39 is 26.8 Å². The van der Waals surface area contributed by atoms with Crippen LogP contribution in [0.15, 0.2) is 39.8 Å². The summed E-state index contributed by atoms with van der Waals surface area (Å²) in [5, 5.41) is 3.16. The van der Waals surface area contributed by atoms with Gasteiger partial charge >= 0.3 is 16.0 Å². The molecule has 3 aromatic rings. The van der Waals surface area contributed by atoms with Crippen LogP contribution in [0, 0.1) is 13.8 Å². The summed E-state index contributed by atoms with van der Waals surface area (Å²) in [6.45, 7) is 3.49. The predicted octanol–water partition coefficient (Wildman–Crippen LogP) is 1.76. The second kappa shape index (κ2) is 6.30. The van der Waals surface area contributed by atoms with Crippen LogP contribution >= 0.6 is 0 Å². The molecule has 136 valence electrons. The second-order valence-corrected chi connectivity index (χ2v) is 7.24. The number of hydrogen-bond acceptors (Lipinski definition) is 8. The van der Waals surface area contributed by atoms with Gasteiger partial charge in [-0.3, -0.25) is 0 Å². The van der Waals surface area contributed by atoms with Crippen molar-refractivity contribution in [3.05, 3.63) is 47.3 Å². The quantitative estimate of drug-likeness (QED) is 0.682. The monoisotopic (exact) mass is 376 g/mol. The molecule has 0 fully saturated rings. The van der Waals surface area contributed by atoms with Gasteiger partial charge in [-0.1, -0.05) is 17.7 Å². The normalized spacial score (nSPS) is 11.5. The maximum Gasteiger partial charge on any atom is 0.361 e. The van der Waals surface area contributed by atoms with Gasteiger partial charge in [0, 0.05) is 11.6 Å². The van der Waals surface area contributed by atoms with Crippen LogP contribution in [-0.4, -0.2) is 35.7 Å². The van der Waals surface area contributed by atoms with Gasteiger partial charge in [0.2, 0.25) is 11.6 Å². The summed E-state index contributed by atoms with van der Waals surface area (Å²) < 4.78 is 36.4. The van der Waals surface area contributed by atoms with Crippen molar-refractivity contribution in [3.8, 4) is 11.5 Å². The minimum absolute atomic E-state index is 0.0357. The summed E-state index contributed by atoms with van der Waals surface area (Å²) >= 11 is 0. The zero-order valence-electron chi connectivity index (χ0n) is 14.3.